The molecule has 1 aliphatic heterocycles. The number of carbonyl (C=O) groups is 1. The average molecular weight is 509 g/mol. The van der Waals surface area contributed by atoms with Crippen molar-refractivity contribution in [3.63, 3.8) is 0 Å². The van der Waals surface area contributed by atoms with E-state index in [-0.39, 0.29) is 23.5 Å². The highest BCUT2D eigenvalue weighted by atomic mass is 35.5. The molecule has 0 spiro atoms. The van der Waals surface area contributed by atoms with Gasteiger partial charge in [-0.2, -0.15) is 5.10 Å². The number of amides is 1. The molecule has 2 aromatic heterocycles. The van der Waals surface area contributed by atoms with Gasteiger partial charge in [-0.25, -0.2) is 18.1 Å². The van der Waals surface area contributed by atoms with Crippen molar-refractivity contribution in [3.8, 4) is 11.3 Å². The van der Waals surface area contributed by atoms with Crippen LogP contribution in [0.15, 0.2) is 54.6 Å². The molecule has 0 aliphatic carbocycles. The molecule has 2 aromatic carbocycles. The third kappa shape index (κ3) is 4.68. The number of sulfone groups is 1. The van der Waals surface area contributed by atoms with E-state index in [0.717, 1.165) is 12.0 Å². The molecule has 1 atom stereocenters. The number of hydrogen-bond donors (Lipinski definition) is 1. The molecule has 9 heteroatoms. The van der Waals surface area contributed by atoms with Crippen molar-refractivity contribution < 1.29 is 13.2 Å². The molecule has 35 heavy (non-hydrogen) atoms. The lowest BCUT2D eigenvalue weighted by molar-refractivity contribution is 0.102. The van der Waals surface area contributed by atoms with Crippen molar-refractivity contribution in [1.82, 2.24) is 14.8 Å². The fourth-order valence-corrected chi connectivity index (χ4v) is 6.42. The van der Waals surface area contributed by atoms with Crippen molar-refractivity contribution in [2.45, 2.75) is 32.7 Å². The summed E-state index contributed by atoms with van der Waals surface area (Å²) in [5, 5.41) is 8.71. The summed E-state index contributed by atoms with van der Waals surface area (Å²) in [6.07, 6.45) is 1.39. The van der Waals surface area contributed by atoms with E-state index in [1.54, 1.807) is 35.0 Å². The Morgan fingerprint density at radius 1 is 1.17 bits per heavy atom. The van der Waals surface area contributed by atoms with Gasteiger partial charge in [0.2, 0.25) is 0 Å². The maximum absolute atomic E-state index is 13.5. The second kappa shape index (κ2) is 9.09. The number of fused-ring (bicyclic) bond motifs is 1. The van der Waals surface area contributed by atoms with E-state index < -0.39 is 9.84 Å². The van der Waals surface area contributed by atoms with Crippen molar-refractivity contribution in [2.75, 3.05) is 16.8 Å². The molecule has 7 nitrogen and oxygen atoms in total. The number of benzene rings is 2. The fourth-order valence-electron chi connectivity index (χ4n) is 4.54. The summed E-state index contributed by atoms with van der Waals surface area (Å²) >= 11 is 6.10. The Balaban J connectivity index is 1.67. The Hall–Kier alpha value is -3.23. The van der Waals surface area contributed by atoms with Crippen LogP contribution in [0.5, 0.6) is 0 Å². The first kappa shape index (κ1) is 23.5. The van der Waals surface area contributed by atoms with Gasteiger partial charge in [-0.1, -0.05) is 48.9 Å². The first-order valence-electron chi connectivity index (χ1n) is 11.5. The quantitative estimate of drug-likeness (QED) is 0.398. The second-order valence-electron chi connectivity index (χ2n) is 8.86. The van der Waals surface area contributed by atoms with Gasteiger partial charge in [0.25, 0.3) is 5.91 Å². The molecule has 5 rings (SSSR count). The number of halogens is 1. The SMILES string of the molecule is CCc1ccc(-c2cc(C(=O)Nc3cccc(Cl)c3)c3c(C)nn(C4CCS(=O)(=O)C4)c3n2)cc1. The monoisotopic (exact) mass is 508 g/mol. The largest absolute Gasteiger partial charge is 0.322 e. The molecular formula is C26H25ClN4O3S. The Bertz CT molecular complexity index is 1550. The predicted octanol–water partition coefficient (Wildman–Crippen LogP) is 5.23. The van der Waals surface area contributed by atoms with Crippen LogP contribution in [0.4, 0.5) is 5.69 Å². The van der Waals surface area contributed by atoms with E-state index in [9.17, 15) is 13.2 Å². The van der Waals surface area contributed by atoms with Crippen molar-refractivity contribution in [2.24, 2.45) is 0 Å². The first-order chi connectivity index (χ1) is 16.7. The highest BCUT2D eigenvalue weighted by Crippen LogP contribution is 2.32. The summed E-state index contributed by atoms with van der Waals surface area (Å²) < 4.78 is 26.0. The zero-order chi connectivity index (χ0) is 24.7. The minimum atomic E-state index is -3.12. The standard InChI is InChI=1S/C26H25ClN4O3S/c1-3-17-7-9-18(10-8-17)23-14-22(26(32)28-20-6-4-5-19(27)13-20)24-16(2)30-31(25(24)29-23)21-11-12-35(33,34)15-21/h4-10,13-14,21H,3,11-12,15H2,1-2H3,(H,28,32). The molecule has 1 unspecified atom stereocenters. The van der Waals surface area contributed by atoms with E-state index in [0.29, 0.717) is 45.1 Å². The number of nitrogens with zero attached hydrogens (tertiary/aromatic N) is 3. The van der Waals surface area contributed by atoms with Crippen LogP contribution in [0.3, 0.4) is 0 Å². The lowest BCUT2D eigenvalue weighted by atomic mass is 10.0. The Morgan fingerprint density at radius 2 is 1.94 bits per heavy atom. The molecule has 0 saturated carbocycles. The number of nitrogens with one attached hydrogen (secondary N) is 1. The van der Waals surface area contributed by atoms with Gasteiger partial charge < -0.3 is 5.32 Å². The number of hydrogen-bond acceptors (Lipinski definition) is 5. The molecule has 1 saturated heterocycles. The number of aryl methyl sites for hydroxylation is 2. The van der Waals surface area contributed by atoms with Gasteiger partial charge in [0.05, 0.1) is 39.9 Å². The summed E-state index contributed by atoms with van der Waals surface area (Å²) in [6, 6.07) is 16.5. The normalized spacial score (nSPS) is 17.1. The highest BCUT2D eigenvalue weighted by Gasteiger charge is 2.32. The summed E-state index contributed by atoms with van der Waals surface area (Å²) in [4.78, 5) is 18.4. The maximum Gasteiger partial charge on any atom is 0.256 e. The molecule has 0 radical (unpaired) electrons. The van der Waals surface area contributed by atoms with Gasteiger partial charge in [-0.05, 0) is 49.6 Å². The molecule has 1 amide bonds. The number of carbonyl (C=O) groups excluding carboxylic acids is 1. The molecule has 1 N–H and O–H groups in total. The molecular weight excluding hydrogens is 484 g/mol. The zero-order valence-electron chi connectivity index (χ0n) is 19.5. The summed E-state index contributed by atoms with van der Waals surface area (Å²) in [5.74, 6) is -0.171. The second-order valence-corrected chi connectivity index (χ2v) is 11.5. The molecule has 3 heterocycles. The van der Waals surface area contributed by atoms with Gasteiger partial charge in [-0.15, -0.1) is 0 Å². The van der Waals surface area contributed by atoms with Crippen LogP contribution in [0, 0.1) is 6.92 Å². The Labute approximate surface area is 209 Å². The van der Waals surface area contributed by atoms with Crippen molar-refractivity contribution >= 4 is 44.1 Å². The third-order valence-electron chi connectivity index (χ3n) is 6.38. The number of aromatic nitrogens is 3. The van der Waals surface area contributed by atoms with Crippen LogP contribution >= 0.6 is 11.6 Å². The van der Waals surface area contributed by atoms with E-state index in [1.165, 1.54) is 5.56 Å². The summed E-state index contributed by atoms with van der Waals surface area (Å²) in [5.41, 5.74) is 4.83. The highest BCUT2D eigenvalue weighted by molar-refractivity contribution is 7.91. The molecule has 4 aromatic rings. The Kier molecular flexibility index (Phi) is 6.11. The number of anilines is 1. The van der Waals surface area contributed by atoms with Crippen molar-refractivity contribution in [1.29, 1.82) is 0 Å². The van der Waals surface area contributed by atoms with Gasteiger partial charge in [-0.3, -0.25) is 4.79 Å². The van der Waals surface area contributed by atoms with Gasteiger partial charge in [0.1, 0.15) is 0 Å². The maximum atomic E-state index is 13.5. The fraction of sp³-hybridized carbons (Fsp3) is 0.269. The average Bonchev–Trinajstić information content (AvgIpc) is 3.37. The summed E-state index contributed by atoms with van der Waals surface area (Å²) in [6.45, 7) is 3.91. The van der Waals surface area contributed by atoms with Gasteiger partial charge >= 0.3 is 0 Å². The van der Waals surface area contributed by atoms with Gasteiger partial charge in [0.15, 0.2) is 15.5 Å². The lowest BCUT2D eigenvalue weighted by Gasteiger charge is -2.13. The topological polar surface area (TPSA) is 94.0 Å². The van der Waals surface area contributed by atoms with Gasteiger partial charge in [0, 0.05) is 16.3 Å². The smallest absolute Gasteiger partial charge is 0.256 e. The van der Waals surface area contributed by atoms with Crippen LogP contribution in [-0.4, -0.2) is 40.6 Å². The number of rotatable bonds is 5. The van der Waals surface area contributed by atoms with Crippen LogP contribution in [0.1, 0.15) is 41.0 Å². The van der Waals surface area contributed by atoms with Crippen LogP contribution in [0.25, 0.3) is 22.3 Å². The molecule has 1 aliphatic rings. The van der Waals surface area contributed by atoms with E-state index >= 15 is 0 Å². The van der Waals surface area contributed by atoms with E-state index in [1.807, 2.05) is 31.2 Å². The van der Waals surface area contributed by atoms with E-state index in [2.05, 4.69) is 17.3 Å². The third-order valence-corrected chi connectivity index (χ3v) is 8.36. The first-order valence-corrected chi connectivity index (χ1v) is 13.7. The van der Waals surface area contributed by atoms with Crippen LogP contribution in [0.2, 0.25) is 5.02 Å². The lowest BCUT2D eigenvalue weighted by Crippen LogP contribution is -2.15. The Morgan fingerprint density at radius 3 is 2.60 bits per heavy atom. The van der Waals surface area contributed by atoms with Crippen molar-refractivity contribution in [3.05, 3.63) is 76.4 Å². The molecule has 180 valence electrons. The predicted molar refractivity (Wildman–Crippen MR) is 139 cm³/mol. The number of pyridine rings is 1. The van der Waals surface area contributed by atoms with E-state index in [4.69, 9.17) is 16.6 Å². The minimum absolute atomic E-state index is 0.0182. The molecule has 0 bridgehead atoms. The summed E-state index contributed by atoms with van der Waals surface area (Å²) in [7, 11) is -3.12. The van der Waals surface area contributed by atoms with Crippen LogP contribution < -0.4 is 5.32 Å². The molecule has 1 fully saturated rings. The zero-order valence-corrected chi connectivity index (χ0v) is 21.0. The minimum Gasteiger partial charge on any atom is -0.322 e. The van der Waals surface area contributed by atoms with Crippen LogP contribution in [-0.2, 0) is 16.3 Å².